The monoisotopic (exact) mass is 451 g/mol. The zero-order chi connectivity index (χ0) is 23.2. The van der Waals surface area contributed by atoms with Crippen molar-refractivity contribution in [2.75, 3.05) is 27.4 Å². The molecule has 4 aromatic rings. The molecule has 9 nitrogen and oxygen atoms in total. The van der Waals surface area contributed by atoms with Crippen LogP contribution in [0, 0.1) is 5.82 Å². The van der Waals surface area contributed by atoms with Crippen LogP contribution in [-0.2, 0) is 11.2 Å². The largest absolute Gasteiger partial charge is 0.493 e. The third-order valence-electron chi connectivity index (χ3n) is 4.81. The molecule has 0 unspecified atom stereocenters. The van der Waals surface area contributed by atoms with Crippen LogP contribution in [0.5, 0.6) is 17.4 Å². The number of carbonyl (C=O) groups is 1. The smallest absolute Gasteiger partial charge is 0.231 e. The fourth-order valence-electron chi connectivity index (χ4n) is 3.24. The predicted molar refractivity (Wildman–Crippen MR) is 118 cm³/mol. The first kappa shape index (κ1) is 22.0. The molecular formula is C23H22FN5O4. The standard InChI is InChI=1S/C23H22FN5O4/c1-31-18-7-6-15(12-19(18)32-2)13-21(30)25-10-11-33-22-9-8-20-26-27-23(29(20)28-22)16-4-3-5-17(24)14-16/h3-9,12,14H,10-11,13H2,1-2H3,(H,25,30). The normalized spacial score (nSPS) is 10.8. The molecule has 1 amide bonds. The highest BCUT2D eigenvalue weighted by atomic mass is 19.1. The minimum Gasteiger partial charge on any atom is -0.493 e. The molecular weight excluding hydrogens is 429 g/mol. The van der Waals surface area contributed by atoms with Gasteiger partial charge < -0.3 is 19.5 Å². The summed E-state index contributed by atoms with van der Waals surface area (Å²) in [4.78, 5) is 12.2. The van der Waals surface area contributed by atoms with Crippen molar-refractivity contribution < 1.29 is 23.4 Å². The topological polar surface area (TPSA) is 99.9 Å². The van der Waals surface area contributed by atoms with Crippen molar-refractivity contribution in [3.05, 3.63) is 66.0 Å². The van der Waals surface area contributed by atoms with Gasteiger partial charge in [0.25, 0.3) is 0 Å². The van der Waals surface area contributed by atoms with Crippen molar-refractivity contribution in [3.8, 4) is 28.8 Å². The van der Waals surface area contributed by atoms with E-state index < -0.39 is 0 Å². The minimum atomic E-state index is -0.375. The molecule has 2 aromatic heterocycles. The Kier molecular flexibility index (Phi) is 6.63. The SMILES string of the molecule is COc1ccc(CC(=O)NCCOc2ccc3nnc(-c4cccc(F)c4)n3n2)cc1OC. The summed E-state index contributed by atoms with van der Waals surface area (Å²) in [7, 11) is 3.10. The summed E-state index contributed by atoms with van der Waals surface area (Å²) in [6, 6.07) is 14.7. The molecule has 0 aliphatic heterocycles. The van der Waals surface area contributed by atoms with E-state index in [1.54, 1.807) is 50.6 Å². The number of carbonyl (C=O) groups excluding carboxylic acids is 1. The molecule has 0 saturated heterocycles. The number of rotatable bonds is 9. The second-order valence-electron chi connectivity index (χ2n) is 7.04. The first-order valence-electron chi connectivity index (χ1n) is 10.2. The lowest BCUT2D eigenvalue weighted by atomic mass is 10.1. The number of benzene rings is 2. The third kappa shape index (κ3) is 5.17. The van der Waals surface area contributed by atoms with Crippen LogP contribution in [0.3, 0.4) is 0 Å². The number of hydrogen-bond acceptors (Lipinski definition) is 7. The highest BCUT2D eigenvalue weighted by molar-refractivity contribution is 5.78. The molecule has 0 bridgehead atoms. The Bertz CT molecular complexity index is 1280. The van der Waals surface area contributed by atoms with Gasteiger partial charge in [0.15, 0.2) is 23.0 Å². The minimum absolute atomic E-state index is 0.151. The van der Waals surface area contributed by atoms with E-state index in [9.17, 15) is 9.18 Å². The lowest BCUT2D eigenvalue weighted by molar-refractivity contribution is -0.120. The zero-order valence-corrected chi connectivity index (χ0v) is 18.1. The van der Waals surface area contributed by atoms with Gasteiger partial charge in [-0.2, -0.15) is 4.52 Å². The van der Waals surface area contributed by atoms with E-state index in [1.807, 2.05) is 6.07 Å². The number of halogens is 1. The van der Waals surface area contributed by atoms with E-state index in [0.717, 1.165) is 5.56 Å². The summed E-state index contributed by atoms with van der Waals surface area (Å²) in [6.45, 7) is 0.512. The Morgan fingerprint density at radius 1 is 1.03 bits per heavy atom. The van der Waals surface area contributed by atoms with Crippen LogP contribution >= 0.6 is 0 Å². The lowest BCUT2D eigenvalue weighted by Gasteiger charge is -2.10. The third-order valence-corrected chi connectivity index (χ3v) is 4.81. The number of hydrogen-bond donors (Lipinski definition) is 1. The Hall–Kier alpha value is -4.21. The molecule has 1 N–H and O–H groups in total. The summed E-state index contributed by atoms with van der Waals surface area (Å²) in [5.74, 6) is 1.38. The van der Waals surface area contributed by atoms with Crippen LogP contribution in [-0.4, -0.2) is 53.1 Å². The van der Waals surface area contributed by atoms with Gasteiger partial charge >= 0.3 is 0 Å². The molecule has 2 heterocycles. The van der Waals surface area contributed by atoms with Gasteiger partial charge in [-0.1, -0.05) is 18.2 Å². The van der Waals surface area contributed by atoms with Crippen molar-refractivity contribution in [1.29, 1.82) is 0 Å². The van der Waals surface area contributed by atoms with Gasteiger partial charge in [0.05, 0.1) is 27.2 Å². The number of nitrogens with zero attached hydrogens (tertiary/aromatic N) is 4. The maximum absolute atomic E-state index is 13.6. The van der Waals surface area contributed by atoms with Crippen molar-refractivity contribution in [2.24, 2.45) is 0 Å². The summed E-state index contributed by atoms with van der Waals surface area (Å²) in [5.41, 5.74) is 1.86. The fourth-order valence-corrected chi connectivity index (χ4v) is 3.24. The van der Waals surface area contributed by atoms with Gasteiger partial charge in [-0.05, 0) is 35.9 Å². The van der Waals surface area contributed by atoms with Crippen molar-refractivity contribution in [1.82, 2.24) is 25.1 Å². The Balaban J connectivity index is 1.33. The summed E-state index contributed by atoms with van der Waals surface area (Å²) in [5, 5.41) is 15.3. The molecule has 0 radical (unpaired) electrons. The van der Waals surface area contributed by atoms with Crippen LogP contribution in [0.1, 0.15) is 5.56 Å². The Morgan fingerprint density at radius 2 is 1.88 bits per heavy atom. The van der Waals surface area contributed by atoms with E-state index in [0.29, 0.717) is 41.0 Å². The van der Waals surface area contributed by atoms with Crippen molar-refractivity contribution in [3.63, 3.8) is 0 Å². The van der Waals surface area contributed by atoms with Gasteiger partial charge in [-0.15, -0.1) is 15.3 Å². The van der Waals surface area contributed by atoms with E-state index in [4.69, 9.17) is 14.2 Å². The van der Waals surface area contributed by atoms with Crippen LogP contribution in [0.15, 0.2) is 54.6 Å². The van der Waals surface area contributed by atoms with Gasteiger partial charge in [0, 0.05) is 11.6 Å². The van der Waals surface area contributed by atoms with E-state index in [1.165, 1.54) is 16.6 Å². The second kappa shape index (κ2) is 9.94. The molecule has 0 aliphatic rings. The Labute approximate surface area is 189 Å². The van der Waals surface area contributed by atoms with Gasteiger partial charge in [0.1, 0.15) is 12.4 Å². The van der Waals surface area contributed by atoms with Crippen molar-refractivity contribution in [2.45, 2.75) is 6.42 Å². The molecule has 0 saturated carbocycles. The van der Waals surface area contributed by atoms with Crippen molar-refractivity contribution >= 4 is 11.6 Å². The van der Waals surface area contributed by atoms with Gasteiger partial charge in [0.2, 0.25) is 11.8 Å². The molecule has 0 aliphatic carbocycles. The number of ether oxygens (including phenoxy) is 3. The van der Waals surface area contributed by atoms with Gasteiger partial charge in [-0.25, -0.2) is 4.39 Å². The molecule has 4 rings (SSSR count). The number of fused-ring (bicyclic) bond motifs is 1. The average molecular weight is 451 g/mol. The van der Waals surface area contributed by atoms with Crippen LogP contribution in [0.2, 0.25) is 0 Å². The second-order valence-corrected chi connectivity index (χ2v) is 7.04. The number of nitrogens with one attached hydrogen (secondary N) is 1. The highest BCUT2D eigenvalue weighted by Gasteiger charge is 2.12. The van der Waals surface area contributed by atoms with E-state index in [2.05, 4.69) is 20.6 Å². The molecule has 0 atom stereocenters. The first-order chi connectivity index (χ1) is 16.1. The molecule has 2 aromatic carbocycles. The summed E-state index contributed by atoms with van der Waals surface area (Å²) in [6.07, 6.45) is 0.197. The summed E-state index contributed by atoms with van der Waals surface area (Å²) >= 11 is 0. The molecule has 0 fully saturated rings. The average Bonchev–Trinajstić information content (AvgIpc) is 3.25. The quantitative estimate of drug-likeness (QED) is 0.391. The maximum Gasteiger partial charge on any atom is 0.231 e. The highest BCUT2D eigenvalue weighted by Crippen LogP contribution is 2.27. The zero-order valence-electron chi connectivity index (χ0n) is 18.1. The summed E-state index contributed by atoms with van der Waals surface area (Å²) < 4.78 is 31.2. The number of methoxy groups -OCH3 is 2. The van der Waals surface area contributed by atoms with Crippen LogP contribution in [0.4, 0.5) is 4.39 Å². The molecule has 170 valence electrons. The van der Waals surface area contributed by atoms with Crippen LogP contribution < -0.4 is 19.5 Å². The first-order valence-corrected chi connectivity index (χ1v) is 10.2. The molecule has 0 spiro atoms. The lowest BCUT2D eigenvalue weighted by Crippen LogP contribution is -2.29. The maximum atomic E-state index is 13.6. The van der Waals surface area contributed by atoms with E-state index >= 15 is 0 Å². The number of amides is 1. The molecule has 33 heavy (non-hydrogen) atoms. The van der Waals surface area contributed by atoms with Gasteiger partial charge in [-0.3, -0.25) is 4.79 Å². The predicted octanol–water partition coefficient (Wildman–Crippen LogP) is 2.69. The fraction of sp³-hybridized carbons (Fsp3) is 0.217. The molecule has 10 heteroatoms. The van der Waals surface area contributed by atoms with E-state index in [-0.39, 0.29) is 24.8 Å². The number of aromatic nitrogens is 4. The Morgan fingerprint density at radius 3 is 2.67 bits per heavy atom. The van der Waals surface area contributed by atoms with Crippen LogP contribution in [0.25, 0.3) is 17.0 Å².